The maximum atomic E-state index is 12.1. The Morgan fingerprint density at radius 2 is 1.90 bits per heavy atom. The fraction of sp³-hybridized carbons (Fsp3) is 0.500. The number of Topliss-reactive ketones (excluding diaryl/α,β-unsaturated/α-hetero) is 1. The molecule has 0 saturated carbocycles. The van der Waals surface area contributed by atoms with E-state index in [9.17, 15) is 18.0 Å². The maximum Gasteiger partial charge on any atom is 0.449 e. The van der Waals surface area contributed by atoms with Gasteiger partial charge in [0.05, 0.1) is 6.10 Å². The van der Waals surface area contributed by atoms with Crippen molar-refractivity contribution in [1.82, 2.24) is 0 Å². The first-order valence-electron chi connectivity index (χ1n) is 6.20. The van der Waals surface area contributed by atoms with Crippen molar-refractivity contribution in [3.63, 3.8) is 0 Å². The molecule has 0 heterocycles. The largest absolute Gasteiger partial charge is 0.449 e. The molecule has 0 N–H and O–H groups in total. The van der Waals surface area contributed by atoms with Crippen molar-refractivity contribution in [2.24, 2.45) is 0 Å². The number of carbonyl (C=O) groups is 1. The van der Waals surface area contributed by atoms with E-state index in [-0.39, 0.29) is 19.3 Å². The minimum absolute atomic E-state index is 0.0484. The minimum atomic E-state index is -4.75. The van der Waals surface area contributed by atoms with E-state index in [1.165, 1.54) is 7.11 Å². The molecular formula is C14H17F3O3. The molecule has 0 aliphatic carbocycles. The summed E-state index contributed by atoms with van der Waals surface area (Å²) in [6.07, 6.45) is -5.22. The smallest absolute Gasteiger partial charge is 0.359 e. The first kappa shape index (κ1) is 16.7. The molecule has 0 radical (unpaired) electrons. The molecule has 0 amide bonds. The van der Waals surface area contributed by atoms with Crippen LogP contribution in [0.4, 0.5) is 13.2 Å². The van der Waals surface area contributed by atoms with Crippen LogP contribution < -0.4 is 0 Å². The first-order chi connectivity index (χ1) is 9.45. The number of alkyl halides is 3. The topological polar surface area (TPSA) is 35.5 Å². The van der Waals surface area contributed by atoms with E-state index in [0.717, 1.165) is 5.56 Å². The lowest BCUT2D eigenvalue weighted by Crippen LogP contribution is -2.22. The van der Waals surface area contributed by atoms with Crippen LogP contribution in [0.2, 0.25) is 0 Å². The van der Waals surface area contributed by atoms with Crippen molar-refractivity contribution in [2.45, 2.75) is 31.5 Å². The summed E-state index contributed by atoms with van der Waals surface area (Å²) in [4.78, 5) is 10.8. The van der Waals surface area contributed by atoms with Crippen LogP contribution in [0.25, 0.3) is 0 Å². The van der Waals surface area contributed by atoms with Crippen LogP contribution in [-0.2, 0) is 14.3 Å². The minimum Gasteiger partial charge on any atom is -0.359 e. The van der Waals surface area contributed by atoms with Crippen molar-refractivity contribution in [2.75, 3.05) is 13.9 Å². The predicted octanol–water partition coefficient (Wildman–Crippen LogP) is 3.65. The van der Waals surface area contributed by atoms with Crippen molar-refractivity contribution >= 4 is 5.78 Å². The molecule has 0 aromatic heterocycles. The molecule has 1 rings (SSSR count). The molecule has 0 aliphatic rings. The van der Waals surface area contributed by atoms with E-state index in [4.69, 9.17) is 9.47 Å². The molecule has 1 aromatic carbocycles. The maximum absolute atomic E-state index is 12.1. The van der Waals surface area contributed by atoms with Gasteiger partial charge < -0.3 is 9.47 Å². The molecular weight excluding hydrogens is 273 g/mol. The van der Waals surface area contributed by atoms with Crippen molar-refractivity contribution < 1.29 is 27.4 Å². The summed E-state index contributed by atoms with van der Waals surface area (Å²) in [7, 11) is 1.47. The number of rotatable bonds is 8. The van der Waals surface area contributed by atoms with Gasteiger partial charge in [-0.2, -0.15) is 13.2 Å². The summed E-state index contributed by atoms with van der Waals surface area (Å²) >= 11 is 0. The fourth-order valence-corrected chi connectivity index (χ4v) is 1.75. The summed E-state index contributed by atoms with van der Waals surface area (Å²) in [6.45, 7) is 0.0484. The van der Waals surface area contributed by atoms with E-state index in [2.05, 4.69) is 0 Å². The number of ketones is 1. The molecule has 0 spiro atoms. The molecule has 0 aliphatic heterocycles. The van der Waals surface area contributed by atoms with Gasteiger partial charge in [-0.1, -0.05) is 30.3 Å². The van der Waals surface area contributed by atoms with Crippen LogP contribution in [0, 0.1) is 0 Å². The Morgan fingerprint density at radius 1 is 1.25 bits per heavy atom. The zero-order valence-electron chi connectivity index (χ0n) is 11.2. The van der Waals surface area contributed by atoms with Crippen molar-refractivity contribution in [3.05, 3.63) is 35.9 Å². The van der Waals surface area contributed by atoms with Crippen molar-refractivity contribution in [3.8, 4) is 0 Å². The number of hydrogen-bond acceptors (Lipinski definition) is 3. The number of carbonyl (C=O) groups excluding carboxylic acids is 1. The van der Waals surface area contributed by atoms with Gasteiger partial charge >= 0.3 is 6.18 Å². The second kappa shape index (κ2) is 8.01. The van der Waals surface area contributed by atoms with Gasteiger partial charge in [-0.25, -0.2) is 0 Å². The Morgan fingerprint density at radius 3 is 2.45 bits per heavy atom. The summed E-state index contributed by atoms with van der Waals surface area (Å²) in [5.74, 6) is -1.70. The third kappa shape index (κ3) is 5.71. The Labute approximate surface area is 115 Å². The van der Waals surface area contributed by atoms with Gasteiger partial charge in [0.2, 0.25) is 5.78 Å². The lowest BCUT2D eigenvalue weighted by molar-refractivity contribution is -0.171. The van der Waals surface area contributed by atoms with Crippen LogP contribution in [0.3, 0.4) is 0 Å². The van der Waals surface area contributed by atoms with Gasteiger partial charge in [0.15, 0.2) is 0 Å². The number of ether oxygens (including phenoxy) is 2. The number of methoxy groups -OCH3 is 1. The quantitative estimate of drug-likeness (QED) is 0.686. The van der Waals surface area contributed by atoms with Crippen LogP contribution >= 0.6 is 0 Å². The molecule has 3 nitrogen and oxygen atoms in total. The van der Waals surface area contributed by atoms with Gasteiger partial charge in [-0.3, -0.25) is 4.79 Å². The summed E-state index contributed by atoms with van der Waals surface area (Å²) < 4.78 is 46.5. The monoisotopic (exact) mass is 290 g/mol. The molecule has 6 heteroatoms. The highest BCUT2D eigenvalue weighted by Gasteiger charge is 2.37. The highest BCUT2D eigenvalue weighted by molar-refractivity contribution is 5.83. The fourth-order valence-electron chi connectivity index (χ4n) is 1.75. The van der Waals surface area contributed by atoms with E-state index >= 15 is 0 Å². The molecule has 1 aromatic rings. The average Bonchev–Trinajstić information content (AvgIpc) is 2.42. The standard InChI is InChI=1S/C14H17F3O3/c1-19-10-20-12(11-6-3-2-4-7-11)8-5-9-13(18)14(15,16)17/h2-4,6-7,12H,5,8-10H2,1H3. The Balaban J connectivity index is 2.52. The predicted molar refractivity (Wildman–Crippen MR) is 67.1 cm³/mol. The highest BCUT2D eigenvalue weighted by Crippen LogP contribution is 2.25. The lowest BCUT2D eigenvalue weighted by Gasteiger charge is -2.17. The normalized spacial score (nSPS) is 13.2. The van der Waals surface area contributed by atoms with Gasteiger partial charge in [0.1, 0.15) is 6.79 Å². The zero-order chi connectivity index (χ0) is 15.0. The van der Waals surface area contributed by atoms with E-state index in [0.29, 0.717) is 6.42 Å². The average molecular weight is 290 g/mol. The Hall–Kier alpha value is -1.40. The Bertz CT molecular complexity index is 404. The number of benzene rings is 1. The number of hydrogen-bond donors (Lipinski definition) is 0. The SMILES string of the molecule is COCOC(CCCC(=O)C(F)(F)F)c1ccccc1. The van der Waals surface area contributed by atoms with E-state index in [1.807, 2.05) is 30.3 Å². The van der Waals surface area contributed by atoms with Crippen molar-refractivity contribution in [1.29, 1.82) is 0 Å². The Kier molecular flexibility index (Phi) is 6.67. The number of halogens is 3. The van der Waals surface area contributed by atoms with Gasteiger partial charge in [-0.15, -0.1) is 0 Å². The third-order valence-electron chi connectivity index (χ3n) is 2.74. The van der Waals surface area contributed by atoms with Crippen LogP contribution in [0.5, 0.6) is 0 Å². The lowest BCUT2D eigenvalue weighted by atomic mass is 10.0. The molecule has 1 atom stereocenters. The van der Waals surface area contributed by atoms with E-state index in [1.54, 1.807) is 0 Å². The molecule has 0 saturated heterocycles. The van der Waals surface area contributed by atoms with E-state index < -0.39 is 18.4 Å². The third-order valence-corrected chi connectivity index (χ3v) is 2.74. The zero-order valence-corrected chi connectivity index (χ0v) is 11.2. The highest BCUT2D eigenvalue weighted by atomic mass is 19.4. The second-order valence-corrected chi connectivity index (χ2v) is 4.29. The molecule has 1 unspecified atom stereocenters. The molecule has 0 bridgehead atoms. The first-order valence-corrected chi connectivity index (χ1v) is 6.20. The second-order valence-electron chi connectivity index (χ2n) is 4.29. The molecule has 20 heavy (non-hydrogen) atoms. The van der Waals surface area contributed by atoms with Gasteiger partial charge in [-0.05, 0) is 18.4 Å². The van der Waals surface area contributed by atoms with Gasteiger partial charge in [0.25, 0.3) is 0 Å². The summed E-state index contributed by atoms with van der Waals surface area (Å²) in [6, 6.07) is 9.13. The van der Waals surface area contributed by atoms with Gasteiger partial charge in [0, 0.05) is 13.5 Å². The van der Waals surface area contributed by atoms with Crippen LogP contribution in [0.15, 0.2) is 30.3 Å². The summed E-state index contributed by atoms with van der Waals surface area (Å²) in [5.41, 5.74) is 0.851. The van der Waals surface area contributed by atoms with Crippen LogP contribution in [-0.4, -0.2) is 25.9 Å². The summed E-state index contributed by atoms with van der Waals surface area (Å²) in [5, 5.41) is 0. The van der Waals surface area contributed by atoms with Crippen LogP contribution in [0.1, 0.15) is 30.9 Å². The molecule has 112 valence electrons. The molecule has 0 fully saturated rings.